The molecule has 3 nitrogen and oxygen atoms in total. The normalized spacial score (nSPS) is 20.8. The smallest absolute Gasteiger partial charge is 0.229 e. The summed E-state index contributed by atoms with van der Waals surface area (Å²) < 4.78 is 0. The molecule has 3 heteroatoms. The van der Waals surface area contributed by atoms with E-state index in [4.69, 9.17) is 0 Å². The van der Waals surface area contributed by atoms with Gasteiger partial charge in [-0.25, -0.2) is 0 Å². The predicted molar refractivity (Wildman–Crippen MR) is 78.4 cm³/mol. The Morgan fingerprint density at radius 3 is 2.75 bits per heavy atom. The van der Waals surface area contributed by atoms with Crippen molar-refractivity contribution in [2.45, 2.75) is 52.0 Å². The number of fused-ring (bicyclic) bond motifs is 1. The Labute approximate surface area is 120 Å². The van der Waals surface area contributed by atoms with Crippen LogP contribution in [0, 0.1) is 5.41 Å². The number of hydrogen-bond acceptors (Lipinski definition) is 2. The highest BCUT2D eigenvalue weighted by molar-refractivity contribution is 5.83. The molecule has 0 unspecified atom stereocenters. The van der Waals surface area contributed by atoms with E-state index in [1.165, 1.54) is 18.4 Å². The highest BCUT2D eigenvalue weighted by Gasteiger charge is 2.42. The lowest BCUT2D eigenvalue weighted by Crippen LogP contribution is -2.44. The quantitative estimate of drug-likeness (QED) is 0.898. The van der Waals surface area contributed by atoms with Crippen molar-refractivity contribution >= 4 is 5.91 Å². The Morgan fingerprint density at radius 2 is 2.05 bits per heavy atom. The molecule has 1 aliphatic heterocycles. The summed E-state index contributed by atoms with van der Waals surface area (Å²) >= 11 is 0. The second kappa shape index (κ2) is 5.12. The van der Waals surface area contributed by atoms with Gasteiger partial charge in [0.2, 0.25) is 5.91 Å². The molecule has 0 aromatic heterocycles. The van der Waals surface area contributed by atoms with Crippen LogP contribution in [0.25, 0.3) is 0 Å². The van der Waals surface area contributed by atoms with Crippen LogP contribution in [0.2, 0.25) is 0 Å². The molecule has 0 saturated heterocycles. The lowest BCUT2D eigenvalue weighted by molar-refractivity contribution is -0.143. The van der Waals surface area contributed by atoms with E-state index in [2.05, 4.69) is 6.92 Å². The van der Waals surface area contributed by atoms with Crippen molar-refractivity contribution in [3.05, 3.63) is 29.3 Å². The molecule has 1 aliphatic carbocycles. The summed E-state index contributed by atoms with van der Waals surface area (Å²) in [5.74, 6) is 0.635. The predicted octanol–water partition coefficient (Wildman–Crippen LogP) is 3.25. The van der Waals surface area contributed by atoms with Crippen LogP contribution in [0.5, 0.6) is 5.75 Å². The van der Waals surface area contributed by atoms with E-state index in [0.717, 1.165) is 37.8 Å². The number of aromatic hydroxyl groups is 1. The molecule has 3 rings (SSSR count). The molecular formula is C17H23NO2. The minimum atomic E-state index is -0.103. The summed E-state index contributed by atoms with van der Waals surface area (Å²) in [6.45, 7) is 3.62. The first-order valence-electron chi connectivity index (χ1n) is 7.75. The molecule has 1 N–H and O–H groups in total. The van der Waals surface area contributed by atoms with Gasteiger partial charge in [-0.15, -0.1) is 0 Å². The van der Waals surface area contributed by atoms with Gasteiger partial charge in [0.1, 0.15) is 5.75 Å². The third-order valence-electron chi connectivity index (χ3n) is 5.18. The summed E-state index contributed by atoms with van der Waals surface area (Å²) in [6, 6.07) is 5.53. The Balaban J connectivity index is 1.81. The van der Waals surface area contributed by atoms with E-state index < -0.39 is 0 Å². The van der Waals surface area contributed by atoms with E-state index in [-0.39, 0.29) is 5.41 Å². The fourth-order valence-corrected chi connectivity index (χ4v) is 3.82. The van der Waals surface area contributed by atoms with Crippen LogP contribution in [0.15, 0.2) is 18.2 Å². The van der Waals surface area contributed by atoms with E-state index in [0.29, 0.717) is 18.2 Å². The number of rotatable bonds is 2. The van der Waals surface area contributed by atoms with Gasteiger partial charge in [-0.1, -0.05) is 25.8 Å². The van der Waals surface area contributed by atoms with Gasteiger partial charge >= 0.3 is 0 Å². The van der Waals surface area contributed by atoms with E-state index in [1.54, 1.807) is 6.07 Å². The summed E-state index contributed by atoms with van der Waals surface area (Å²) in [5.41, 5.74) is 2.27. The average molecular weight is 273 g/mol. The van der Waals surface area contributed by atoms with Gasteiger partial charge in [-0.3, -0.25) is 4.79 Å². The second-order valence-electron chi connectivity index (χ2n) is 6.27. The summed E-state index contributed by atoms with van der Waals surface area (Å²) in [5, 5.41) is 9.62. The first-order valence-corrected chi connectivity index (χ1v) is 7.75. The van der Waals surface area contributed by atoms with Crippen LogP contribution in [-0.2, 0) is 17.8 Å². The van der Waals surface area contributed by atoms with Gasteiger partial charge in [-0.05, 0) is 48.9 Å². The number of phenolic OH excluding ortho intramolecular Hbond substituents is 1. The summed E-state index contributed by atoms with van der Waals surface area (Å²) in [7, 11) is 0. The van der Waals surface area contributed by atoms with Crippen LogP contribution in [-0.4, -0.2) is 22.5 Å². The standard InChI is InChI=1S/C17H23NO2/c1-2-17(8-3-4-9-17)16(20)18-10-7-13-5-6-15(19)11-14(13)12-18/h5-6,11,19H,2-4,7-10,12H2,1H3. The summed E-state index contributed by atoms with van der Waals surface area (Å²) in [6.07, 6.45) is 6.32. The highest BCUT2D eigenvalue weighted by Crippen LogP contribution is 2.43. The van der Waals surface area contributed by atoms with Crippen LogP contribution < -0.4 is 0 Å². The number of carbonyl (C=O) groups is 1. The Kier molecular flexibility index (Phi) is 3.45. The summed E-state index contributed by atoms with van der Waals surface area (Å²) in [4.78, 5) is 14.9. The lowest BCUT2D eigenvalue weighted by atomic mass is 9.81. The maximum absolute atomic E-state index is 12.9. The second-order valence-corrected chi connectivity index (χ2v) is 6.27. The molecule has 1 amide bonds. The van der Waals surface area contributed by atoms with Crippen molar-refractivity contribution in [2.24, 2.45) is 5.41 Å². The van der Waals surface area contributed by atoms with E-state index >= 15 is 0 Å². The molecule has 0 bridgehead atoms. The van der Waals surface area contributed by atoms with Gasteiger partial charge in [0, 0.05) is 18.5 Å². The Morgan fingerprint density at radius 1 is 1.30 bits per heavy atom. The monoisotopic (exact) mass is 273 g/mol. The molecular weight excluding hydrogens is 250 g/mol. The SMILES string of the molecule is CCC1(C(=O)N2CCc3ccc(O)cc3C2)CCCC1. The van der Waals surface area contributed by atoms with Crippen molar-refractivity contribution in [3.63, 3.8) is 0 Å². The first-order chi connectivity index (χ1) is 9.64. The third-order valence-corrected chi connectivity index (χ3v) is 5.18. The van der Waals surface area contributed by atoms with Crippen molar-refractivity contribution in [3.8, 4) is 5.75 Å². The van der Waals surface area contributed by atoms with Crippen LogP contribution >= 0.6 is 0 Å². The lowest BCUT2D eigenvalue weighted by Gasteiger charge is -2.36. The minimum absolute atomic E-state index is 0.103. The van der Waals surface area contributed by atoms with Crippen molar-refractivity contribution in [1.82, 2.24) is 4.90 Å². The van der Waals surface area contributed by atoms with Gasteiger partial charge < -0.3 is 10.0 Å². The fraction of sp³-hybridized carbons (Fsp3) is 0.588. The maximum atomic E-state index is 12.9. The number of phenols is 1. The molecule has 1 fully saturated rings. The molecule has 1 aromatic rings. The highest BCUT2D eigenvalue weighted by atomic mass is 16.3. The first kappa shape index (κ1) is 13.5. The molecule has 1 aromatic carbocycles. The number of nitrogens with zero attached hydrogens (tertiary/aromatic N) is 1. The number of carbonyl (C=O) groups excluding carboxylic acids is 1. The molecule has 1 heterocycles. The van der Waals surface area contributed by atoms with Crippen LogP contribution in [0.4, 0.5) is 0 Å². The number of amides is 1. The van der Waals surface area contributed by atoms with Crippen LogP contribution in [0.3, 0.4) is 0 Å². The number of benzene rings is 1. The van der Waals surface area contributed by atoms with E-state index in [9.17, 15) is 9.90 Å². The van der Waals surface area contributed by atoms with Crippen molar-refractivity contribution in [1.29, 1.82) is 0 Å². The molecule has 0 atom stereocenters. The average Bonchev–Trinajstić information content (AvgIpc) is 2.95. The van der Waals surface area contributed by atoms with Crippen molar-refractivity contribution < 1.29 is 9.90 Å². The van der Waals surface area contributed by atoms with Gasteiger partial charge in [0.15, 0.2) is 0 Å². The van der Waals surface area contributed by atoms with Crippen LogP contribution in [0.1, 0.15) is 50.2 Å². The van der Waals surface area contributed by atoms with Gasteiger partial charge in [0.25, 0.3) is 0 Å². The molecule has 1 saturated carbocycles. The zero-order valence-electron chi connectivity index (χ0n) is 12.2. The number of hydrogen-bond donors (Lipinski definition) is 1. The molecule has 0 spiro atoms. The third kappa shape index (κ3) is 2.19. The minimum Gasteiger partial charge on any atom is -0.508 e. The maximum Gasteiger partial charge on any atom is 0.229 e. The molecule has 20 heavy (non-hydrogen) atoms. The zero-order chi connectivity index (χ0) is 14.2. The Hall–Kier alpha value is -1.51. The largest absolute Gasteiger partial charge is 0.508 e. The fourth-order valence-electron chi connectivity index (χ4n) is 3.82. The Bertz CT molecular complexity index is 518. The van der Waals surface area contributed by atoms with E-state index in [1.807, 2.05) is 17.0 Å². The molecule has 2 aliphatic rings. The molecule has 108 valence electrons. The van der Waals surface area contributed by atoms with Crippen molar-refractivity contribution in [2.75, 3.05) is 6.54 Å². The zero-order valence-corrected chi connectivity index (χ0v) is 12.2. The molecule has 0 radical (unpaired) electrons. The topological polar surface area (TPSA) is 40.5 Å². The van der Waals surface area contributed by atoms with Gasteiger partial charge in [0.05, 0.1) is 0 Å². The van der Waals surface area contributed by atoms with Gasteiger partial charge in [-0.2, -0.15) is 0 Å².